The fourth-order valence-electron chi connectivity index (χ4n) is 1.70. The molecule has 13 heavy (non-hydrogen) atoms. The van der Waals surface area contributed by atoms with Crippen LogP contribution in [0.3, 0.4) is 0 Å². The van der Waals surface area contributed by atoms with Gasteiger partial charge in [-0.15, -0.1) is 0 Å². The highest BCUT2D eigenvalue weighted by atomic mass is 35.5. The number of carbonyl (C=O) groups excluding carboxylic acids is 1. The topological polar surface area (TPSA) is 26.3 Å². The molecule has 1 fully saturated rings. The van der Waals surface area contributed by atoms with Gasteiger partial charge in [-0.3, -0.25) is 4.79 Å². The molecule has 1 aliphatic rings. The molecule has 1 rings (SSSR count). The Labute approximate surface area is 87.8 Å². The normalized spacial score (nSPS) is 29.3. The molecule has 0 bridgehead atoms. The van der Waals surface area contributed by atoms with Crippen LogP contribution in [0.4, 0.5) is 0 Å². The second-order valence-corrected chi connectivity index (χ2v) is 4.81. The molecule has 4 heteroatoms. The predicted octanol–water partition coefficient (Wildman–Crippen LogP) is 2.75. The minimum absolute atomic E-state index is 0.0812. The summed E-state index contributed by atoms with van der Waals surface area (Å²) in [5.74, 6) is -0.198. The summed E-state index contributed by atoms with van der Waals surface area (Å²) < 4.78 is 4.88. The lowest BCUT2D eigenvalue weighted by atomic mass is 10.1. The number of carbonyl (C=O) groups is 1. The van der Waals surface area contributed by atoms with Crippen LogP contribution < -0.4 is 0 Å². The van der Waals surface area contributed by atoms with Crippen molar-refractivity contribution in [3.63, 3.8) is 0 Å². The summed E-state index contributed by atoms with van der Waals surface area (Å²) in [7, 11) is 1.39. The monoisotopic (exact) mass is 222 g/mol. The van der Waals surface area contributed by atoms with Gasteiger partial charge in [-0.1, -0.05) is 37.0 Å². The van der Waals surface area contributed by atoms with Crippen LogP contribution >= 0.6 is 23.2 Å². The van der Waals surface area contributed by atoms with E-state index in [1.54, 1.807) is 6.08 Å². The van der Waals surface area contributed by atoms with E-state index in [0.717, 1.165) is 0 Å². The van der Waals surface area contributed by atoms with Crippen LogP contribution in [0.25, 0.3) is 0 Å². The van der Waals surface area contributed by atoms with E-state index >= 15 is 0 Å². The zero-order chi connectivity index (χ0) is 10.2. The van der Waals surface area contributed by atoms with Gasteiger partial charge in [0.25, 0.3) is 0 Å². The lowest BCUT2D eigenvalue weighted by Gasteiger charge is -1.98. The molecule has 0 spiro atoms. The Morgan fingerprint density at radius 3 is 2.38 bits per heavy atom. The summed E-state index contributed by atoms with van der Waals surface area (Å²) in [5, 5.41) is 0. The van der Waals surface area contributed by atoms with E-state index in [0.29, 0.717) is 0 Å². The molecule has 2 nitrogen and oxygen atoms in total. The Morgan fingerprint density at radius 1 is 1.46 bits per heavy atom. The van der Waals surface area contributed by atoms with Gasteiger partial charge < -0.3 is 4.74 Å². The van der Waals surface area contributed by atoms with Gasteiger partial charge in [0.15, 0.2) is 0 Å². The third-order valence-corrected chi connectivity index (χ3v) is 2.92. The molecule has 0 aromatic carbocycles. The standard InChI is InChI=1S/C9H12Cl2O2/c1-9(2)5(4-6(10)11)7(9)8(12)13-3/h4-5,7H,1-3H3/t5-,7+/m1/s1. The summed E-state index contributed by atoms with van der Waals surface area (Å²) in [4.78, 5) is 11.2. The van der Waals surface area contributed by atoms with Gasteiger partial charge in [-0.2, -0.15) is 0 Å². The highest BCUT2D eigenvalue weighted by Crippen LogP contribution is 2.60. The van der Waals surface area contributed by atoms with Crippen molar-refractivity contribution in [2.45, 2.75) is 13.8 Å². The van der Waals surface area contributed by atoms with E-state index in [4.69, 9.17) is 23.2 Å². The molecule has 0 heterocycles. The van der Waals surface area contributed by atoms with Crippen LogP contribution in [0.2, 0.25) is 0 Å². The van der Waals surface area contributed by atoms with Crippen molar-refractivity contribution in [1.29, 1.82) is 0 Å². The van der Waals surface area contributed by atoms with E-state index in [9.17, 15) is 4.79 Å². The predicted molar refractivity (Wildman–Crippen MR) is 52.6 cm³/mol. The van der Waals surface area contributed by atoms with Gasteiger partial charge >= 0.3 is 5.97 Å². The maximum Gasteiger partial charge on any atom is 0.309 e. The van der Waals surface area contributed by atoms with Gasteiger partial charge in [-0.25, -0.2) is 0 Å². The van der Waals surface area contributed by atoms with Crippen LogP contribution in [-0.2, 0) is 9.53 Å². The second-order valence-electron chi connectivity index (χ2n) is 3.80. The van der Waals surface area contributed by atoms with E-state index in [2.05, 4.69) is 4.74 Å². The summed E-state index contributed by atoms with van der Waals surface area (Å²) >= 11 is 11.1. The van der Waals surface area contributed by atoms with Gasteiger partial charge in [-0.05, 0) is 17.4 Å². The van der Waals surface area contributed by atoms with Crippen molar-refractivity contribution < 1.29 is 9.53 Å². The van der Waals surface area contributed by atoms with Gasteiger partial charge in [0.1, 0.15) is 4.49 Å². The van der Waals surface area contributed by atoms with E-state index in [1.165, 1.54) is 7.11 Å². The van der Waals surface area contributed by atoms with Crippen LogP contribution in [0, 0.1) is 17.3 Å². The molecule has 0 aliphatic heterocycles. The maximum absolute atomic E-state index is 11.2. The minimum Gasteiger partial charge on any atom is -0.469 e. The molecule has 74 valence electrons. The summed E-state index contributed by atoms with van der Waals surface area (Å²) in [6.45, 7) is 3.99. The largest absolute Gasteiger partial charge is 0.469 e. The Morgan fingerprint density at radius 2 is 2.00 bits per heavy atom. The zero-order valence-corrected chi connectivity index (χ0v) is 9.32. The van der Waals surface area contributed by atoms with Crippen molar-refractivity contribution in [3.8, 4) is 0 Å². The van der Waals surface area contributed by atoms with E-state index in [-0.39, 0.29) is 27.7 Å². The lowest BCUT2D eigenvalue weighted by Crippen LogP contribution is -2.07. The van der Waals surface area contributed by atoms with Crippen molar-refractivity contribution in [2.75, 3.05) is 7.11 Å². The first-order chi connectivity index (χ1) is 5.91. The number of ether oxygens (including phenoxy) is 1. The zero-order valence-electron chi connectivity index (χ0n) is 7.80. The van der Waals surface area contributed by atoms with Crippen LogP contribution in [0.5, 0.6) is 0 Å². The lowest BCUT2D eigenvalue weighted by molar-refractivity contribution is -0.143. The maximum atomic E-state index is 11.2. The van der Waals surface area contributed by atoms with Gasteiger partial charge in [0, 0.05) is 0 Å². The smallest absolute Gasteiger partial charge is 0.309 e. The minimum atomic E-state index is -0.194. The number of hydrogen-bond donors (Lipinski definition) is 0. The first kappa shape index (κ1) is 10.9. The highest BCUT2D eigenvalue weighted by molar-refractivity contribution is 6.55. The molecule has 1 saturated carbocycles. The molecule has 0 amide bonds. The van der Waals surface area contributed by atoms with E-state index in [1.807, 2.05) is 13.8 Å². The molecule has 0 saturated heterocycles. The first-order valence-corrected chi connectivity index (χ1v) is 4.77. The van der Waals surface area contributed by atoms with E-state index < -0.39 is 0 Å². The number of hydrogen-bond acceptors (Lipinski definition) is 2. The quantitative estimate of drug-likeness (QED) is 0.673. The molecule has 0 unspecified atom stereocenters. The van der Waals surface area contributed by atoms with Crippen LogP contribution in [0.1, 0.15) is 13.8 Å². The fourth-order valence-corrected chi connectivity index (χ4v) is 1.97. The molecule has 1 aliphatic carbocycles. The molecular weight excluding hydrogens is 211 g/mol. The SMILES string of the molecule is COC(=O)[C@@H]1[C@@H](C=C(Cl)Cl)C1(C)C. The first-order valence-electron chi connectivity index (χ1n) is 4.02. The third-order valence-electron chi connectivity index (χ3n) is 2.67. The second kappa shape index (κ2) is 3.50. The molecule has 0 N–H and O–H groups in total. The summed E-state index contributed by atoms with van der Waals surface area (Å²) in [6, 6.07) is 0. The summed E-state index contributed by atoms with van der Waals surface area (Å²) in [5.41, 5.74) is -0.0812. The third kappa shape index (κ3) is 2.00. The highest BCUT2D eigenvalue weighted by Gasteiger charge is 2.61. The molecular formula is C9H12Cl2O2. The van der Waals surface area contributed by atoms with Gasteiger partial charge in [0.05, 0.1) is 13.0 Å². The van der Waals surface area contributed by atoms with Crippen LogP contribution in [0.15, 0.2) is 10.6 Å². The number of halogens is 2. The molecule has 0 radical (unpaired) electrons. The van der Waals surface area contributed by atoms with Crippen LogP contribution in [-0.4, -0.2) is 13.1 Å². The van der Waals surface area contributed by atoms with Crippen molar-refractivity contribution in [1.82, 2.24) is 0 Å². The number of methoxy groups -OCH3 is 1. The average molecular weight is 223 g/mol. The van der Waals surface area contributed by atoms with Crippen molar-refractivity contribution >= 4 is 29.2 Å². The van der Waals surface area contributed by atoms with Crippen molar-refractivity contribution in [2.24, 2.45) is 17.3 Å². The number of allylic oxidation sites excluding steroid dienone is 1. The Balaban J connectivity index is 2.72. The molecule has 2 atom stereocenters. The fraction of sp³-hybridized carbons (Fsp3) is 0.667. The number of rotatable bonds is 2. The Hall–Kier alpha value is -0.210. The Kier molecular flexibility index (Phi) is 2.93. The van der Waals surface area contributed by atoms with Gasteiger partial charge in [0.2, 0.25) is 0 Å². The molecule has 0 aromatic heterocycles. The average Bonchev–Trinajstić information content (AvgIpc) is 2.51. The number of esters is 1. The Bertz CT molecular complexity index is 254. The molecule has 0 aromatic rings. The van der Waals surface area contributed by atoms with Crippen molar-refractivity contribution in [3.05, 3.63) is 10.6 Å². The summed E-state index contributed by atoms with van der Waals surface area (Å²) in [6.07, 6.45) is 1.70.